The van der Waals surface area contributed by atoms with E-state index < -0.39 is 15.9 Å². The fourth-order valence-corrected chi connectivity index (χ4v) is 4.11. The molecule has 0 aliphatic heterocycles. The Bertz CT molecular complexity index is 1210. The first-order chi connectivity index (χ1) is 14.2. The van der Waals surface area contributed by atoms with E-state index in [1.54, 1.807) is 37.3 Å². The molecule has 0 bridgehead atoms. The molecule has 0 fully saturated rings. The number of hydrogen-bond acceptors (Lipinski definition) is 4. The largest absolute Gasteiger partial charge is 0.298 e. The summed E-state index contributed by atoms with van der Waals surface area (Å²) in [5, 5.41) is 0.570. The molecule has 0 saturated heterocycles. The quantitative estimate of drug-likeness (QED) is 0.476. The molecule has 1 amide bonds. The van der Waals surface area contributed by atoms with Crippen LogP contribution in [0.1, 0.15) is 27.0 Å². The average Bonchev–Trinajstić information content (AvgIpc) is 2.70. The van der Waals surface area contributed by atoms with E-state index in [4.69, 9.17) is 11.6 Å². The van der Waals surface area contributed by atoms with Crippen LogP contribution < -0.4 is 15.6 Å². The summed E-state index contributed by atoms with van der Waals surface area (Å²) in [6.45, 7) is 5.43. The van der Waals surface area contributed by atoms with Crippen molar-refractivity contribution in [2.75, 3.05) is 10.1 Å². The Balaban J connectivity index is 1.81. The smallest absolute Gasteiger partial charge is 0.269 e. The van der Waals surface area contributed by atoms with E-state index >= 15 is 0 Å². The number of carbonyl (C=O) groups is 1. The second kappa shape index (κ2) is 8.77. The van der Waals surface area contributed by atoms with Gasteiger partial charge in [0, 0.05) is 10.6 Å². The van der Waals surface area contributed by atoms with Gasteiger partial charge in [-0.2, -0.15) is 0 Å². The third-order valence-corrected chi connectivity index (χ3v) is 6.42. The number of amides is 1. The lowest BCUT2D eigenvalue weighted by molar-refractivity contribution is 0.0962. The van der Waals surface area contributed by atoms with E-state index in [-0.39, 0.29) is 10.5 Å². The van der Waals surface area contributed by atoms with E-state index in [1.807, 2.05) is 32.0 Å². The van der Waals surface area contributed by atoms with Crippen LogP contribution in [0.15, 0.2) is 65.6 Å². The van der Waals surface area contributed by atoms with Gasteiger partial charge in [0.2, 0.25) is 0 Å². The molecule has 0 spiro atoms. The molecule has 3 aromatic carbocycles. The Morgan fingerprint density at radius 3 is 2.27 bits per heavy atom. The third kappa shape index (κ3) is 4.93. The first kappa shape index (κ1) is 21.7. The molecule has 8 heteroatoms. The minimum Gasteiger partial charge on any atom is -0.298 e. The molecule has 0 radical (unpaired) electrons. The van der Waals surface area contributed by atoms with Crippen molar-refractivity contribution in [1.82, 2.24) is 5.43 Å². The van der Waals surface area contributed by atoms with Gasteiger partial charge in [-0.15, -0.1) is 0 Å². The number of sulfonamides is 1. The predicted octanol–water partition coefficient (Wildman–Crippen LogP) is 4.82. The zero-order chi connectivity index (χ0) is 21.9. The van der Waals surface area contributed by atoms with E-state index in [9.17, 15) is 13.2 Å². The molecule has 0 heterocycles. The number of anilines is 2. The van der Waals surface area contributed by atoms with Crippen LogP contribution >= 0.6 is 11.6 Å². The Hall–Kier alpha value is -3.03. The second-order valence-corrected chi connectivity index (χ2v) is 9.03. The van der Waals surface area contributed by atoms with E-state index in [1.165, 1.54) is 12.1 Å². The number of hydrogen-bond donors (Lipinski definition) is 3. The number of carbonyl (C=O) groups excluding carboxylic acids is 1. The molecule has 3 aromatic rings. The zero-order valence-corrected chi connectivity index (χ0v) is 18.4. The van der Waals surface area contributed by atoms with E-state index in [2.05, 4.69) is 15.6 Å². The van der Waals surface area contributed by atoms with Crippen molar-refractivity contribution < 1.29 is 13.2 Å². The van der Waals surface area contributed by atoms with Gasteiger partial charge in [-0.3, -0.25) is 20.4 Å². The van der Waals surface area contributed by atoms with Crippen LogP contribution in [0.2, 0.25) is 5.02 Å². The van der Waals surface area contributed by atoms with Crippen molar-refractivity contribution in [3.8, 4) is 0 Å². The second-order valence-electron chi connectivity index (χ2n) is 6.94. The normalized spacial score (nSPS) is 11.1. The van der Waals surface area contributed by atoms with Crippen LogP contribution in [0.4, 0.5) is 11.4 Å². The SMILES string of the molecule is Cc1ccc(NNC(=O)c2cc(S(=O)(=O)Nc3ccccc3C)ccc2C)cc1Cl. The van der Waals surface area contributed by atoms with Gasteiger partial charge in [0.1, 0.15) is 0 Å². The van der Waals surface area contributed by atoms with Crippen LogP contribution in [-0.4, -0.2) is 14.3 Å². The number of rotatable bonds is 6. The van der Waals surface area contributed by atoms with E-state index in [0.29, 0.717) is 22.0 Å². The molecule has 6 nitrogen and oxygen atoms in total. The van der Waals surface area contributed by atoms with Gasteiger partial charge in [0.25, 0.3) is 15.9 Å². The molecule has 0 atom stereocenters. The third-order valence-electron chi connectivity index (χ3n) is 4.65. The summed E-state index contributed by atoms with van der Waals surface area (Å²) in [5.74, 6) is -0.461. The topological polar surface area (TPSA) is 87.3 Å². The number of benzene rings is 3. The van der Waals surface area contributed by atoms with Crippen molar-refractivity contribution in [2.45, 2.75) is 25.7 Å². The molecule has 3 N–H and O–H groups in total. The Kier molecular flexibility index (Phi) is 6.34. The summed E-state index contributed by atoms with van der Waals surface area (Å²) in [6.07, 6.45) is 0. The first-order valence-corrected chi connectivity index (χ1v) is 11.0. The maximum atomic E-state index is 12.8. The maximum absolute atomic E-state index is 12.8. The van der Waals surface area contributed by atoms with Gasteiger partial charge in [-0.1, -0.05) is 41.9 Å². The molecular weight excluding hydrogens is 422 g/mol. The average molecular weight is 444 g/mol. The highest BCUT2D eigenvalue weighted by molar-refractivity contribution is 7.92. The summed E-state index contributed by atoms with van der Waals surface area (Å²) < 4.78 is 28.2. The highest BCUT2D eigenvalue weighted by Gasteiger charge is 2.19. The van der Waals surface area contributed by atoms with Gasteiger partial charge in [-0.25, -0.2) is 8.42 Å². The number of halogens is 1. The molecule has 156 valence electrons. The van der Waals surface area contributed by atoms with Crippen LogP contribution in [0, 0.1) is 20.8 Å². The fourth-order valence-electron chi connectivity index (χ4n) is 2.77. The summed E-state index contributed by atoms with van der Waals surface area (Å²) in [7, 11) is -3.85. The lowest BCUT2D eigenvalue weighted by atomic mass is 10.1. The van der Waals surface area contributed by atoms with Crippen LogP contribution in [0.25, 0.3) is 0 Å². The minimum absolute atomic E-state index is 0.000108. The monoisotopic (exact) mass is 443 g/mol. The highest BCUT2D eigenvalue weighted by atomic mass is 35.5. The van der Waals surface area contributed by atoms with Crippen molar-refractivity contribution in [3.63, 3.8) is 0 Å². The Labute approximate surface area is 181 Å². The molecule has 3 rings (SSSR count). The van der Waals surface area contributed by atoms with Crippen molar-refractivity contribution >= 4 is 38.9 Å². The molecule has 0 saturated carbocycles. The summed E-state index contributed by atoms with van der Waals surface area (Å²) in [5.41, 5.74) is 9.08. The molecule has 0 unspecified atom stereocenters. The molecule has 0 aromatic heterocycles. The summed E-state index contributed by atoms with van der Waals surface area (Å²) in [6, 6.07) is 16.8. The number of nitrogens with one attached hydrogen (secondary N) is 3. The number of para-hydroxylation sites is 1. The molecule has 0 aliphatic carbocycles. The van der Waals surface area contributed by atoms with Gasteiger partial charge in [-0.05, 0) is 67.8 Å². The van der Waals surface area contributed by atoms with Crippen molar-refractivity contribution in [2.24, 2.45) is 0 Å². The summed E-state index contributed by atoms with van der Waals surface area (Å²) in [4.78, 5) is 12.7. The minimum atomic E-state index is -3.85. The van der Waals surface area contributed by atoms with E-state index in [0.717, 1.165) is 11.1 Å². The summed E-state index contributed by atoms with van der Waals surface area (Å²) >= 11 is 6.09. The van der Waals surface area contributed by atoms with Crippen LogP contribution in [0.3, 0.4) is 0 Å². The van der Waals surface area contributed by atoms with Crippen molar-refractivity contribution in [1.29, 1.82) is 0 Å². The Morgan fingerprint density at radius 2 is 1.57 bits per heavy atom. The van der Waals surface area contributed by atoms with Gasteiger partial charge >= 0.3 is 0 Å². The van der Waals surface area contributed by atoms with Crippen molar-refractivity contribution in [3.05, 3.63) is 87.9 Å². The molecule has 30 heavy (non-hydrogen) atoms. The molecular formula is C22H22ClN3O3S. The standard InChI is InChI=1S/C22H22ClN3O3S/c1-14-9-11-18(30(28,29)26-21-7-5-4-6-16(21)3)13-19(14)22(27)25-24-17-10-8-15(2)20(23)12-17/h4-13,24,26H,1-3H3,(H,25,27). The van der Waals surface area contributed by atoms with Gasteiger partial charge in [0.05, 0.1) is 16.3 Å². The van der Waals surface area contributed by atoms with Crippen LogP contribution in [0.5, 0.6) is 0 Å². The Morgan fingerprint density at radius 1 is 0.867 bits per heavy atom. The predicted molar refractivity (Wildman–Crippen MR) is 120 cm³/mol. The highest BCUT2D eigenvalue weighted by Crippen LogP contribution is 2.22. The van der Waals surface area contributed by atoms with Crippen LogP contribution in [-0.2, 0) is 10.0 Å². The lowest BCUT2D eigenvalue weighted by Crippen LogP contribution is -2.30. The lowest BCUT2D eigenvalue weighted by Gasteiger charge is -2.14. The number of aryl methyl sites for hydroxylation is 3. The van der Waals surface area contributed by atoms with Gasteiger partial charge in [0.15, 0.2) is 0 Å². The maximum Gasteiger partial charge on any atom is 0.269 e. The fraction of sp³-hybridized carbons (Fsp3) is 0.136. The zero-order valence-electron chi connectivity index (χ0n) is 16.8. The molecule has 0 aliphatic rings. The van der Waals surface area contributed by atoms with Gasteiger partial charge < -0.3 is 0 Å². The first-order valence-electron chi connectivity index (χ1n) is 9.19. The number of hydrazine groups is 1.